The number of para-hydroxylation sites is 1. The van der Waals surface area contributed by atoms with Gasteiger partial charge in [0, 0.05) is 19.3 Å². The first kappa shape index (κ1) is 14.5. The Kier molecular flexibility index (Phi) is 4.06. The van der Waals surface area contributed by atoms with Gasteiger partial charge in [0.05, 0.1) is 16.9 Å². The number of benzene rings is 1. The number of carbonyl (C=O) groups is 1. The van der Waals surface area contributed by atoms with Gasteiger partial charge in [-0.1, -0.05) is 18.2 Å². The Balaban J connectivity index is 2.00. The lowest BCUT2D eigenvalue weighted by atomic mass is 10.1. The van der Waals surface area contributed by atoms with E-state index in [1.807, 2.05) is 56.6 Å². The standard InChI is InChI=1S/C17H20N4O/c1-20(2)11-12-21-15-9-4-3-7-13(15)17(22)19-16(21)14-8-5-6-10-18-14/h3-10,16H,11-12H2,1-2H3,(H,19,22). The summed E-state index contributed by atoms with van der Waals surface area (Å²) in [7, 11) is 4.09. The highest BCUT2D eigenvalue weighted by Gasteiger charge is 2.31. The minimum Gasteiger partial charge on any atom is -0.344 e. The minimum absolute atomic E-state index is 0.0487. The summed E-state index contributed by atoms with van der Waals surface area (Å²) in [5.41, 5.74) is 2.53. The first-order chi connectivity index (χ1) is 10.7. The van der Waals surface area contributed by atoms with E-state index >= 15 is 0 Å². The normalized spacial score (nSPS) is 17.3. The Bertz CT molecular complexity index is 657. The molecule has 0 radical (unpaired) electrons. The molecule has 2 heterocycles. The molecule has 0 aliphatic carbocycles. The lowest BCUT2D eigenvalue weighted by molar-refractivity contribution is 0.0925. The largest absolute Gasteiger partial charge is 0.344 e. The molecule has 0 saturated heterocycles. The molecule has 0 fully saturated rings. The van der Waals surface area contributed by atoms with Gasteiger partial charge < -0.3 is 15.1 Å². The molecule has 5 nitrogen and oxygen atoms in total. The van der Waals surface area contributed by atoms with E-state index in [-0.39, 0.29) is 12.1 Å². The molecule has 1 aromatic heterocycles. The summed E-state index contributed by atoms with van der Waals surface area (Å²) in [6.07, 6.45) is 1.52. The number of anilines is 1. The van der Waals surface area contributed by atoms with Crippen LogP contribution in [-0.2, 0) is 0 Å². The van der Waals surface area contributed by atoms with Gasteiger partial charge in [-0.2, -0.15) is 0 Å². The van der Waals surface area contributed by atoms with Gasteiger partial charge in [0.25, 0.3) is 5.91 Å². The van der Waals surface area contributed by atoms with E-state index < -0.39 is 0 Å². The third kappa shape index (κ3) is 2.80. The number of hydrogen-bond acceptors (Lipinski definition) is 4. The highest BCUT2D eigenvalue weighted by Crippen LogP contribution is 2.31. The fourth-order valence-electron chi connectivity index (χ4n) is 2.66. The van der Waals surface area contributed by atoms with Crippen LogP contribution in [0.5, 0.6) is 0 Å². The van der Waals surface area contributed by atoms with Gasteiger partial charge >= 0.3 is 0 Å². The van der Waals surface area contributed by atoms with E-state index in [0.717, 1.165) is 24.5 Å². The molecule has 1 N–H and O–H groups in total. The highest BCUT2D eigenvalue weighted by molar-refractivity contribution is 6.02. The van der Waals surface area contributed by atoms with Crippen LogP contribution in [0.1, 0.15) is 22.2 Å². The number of likely N-dealkylation sites (N-methyl/N-ethyl adjacent to an activating group) is 1. The Morgan fingerprint density at radius 2 is 1.95 bits per heavy atom. The van der Waals surface area contributed by atoms with Gasteiger partial charge in [-0.05, 0) is 38.4 Å². The first-order valence-corrected chi connectivity index (χ1v) is 7.39. The van der Waals surface area contributed by atoms with Crippen molar-refractivity contribution < 1.29 is 4.79 Å². The molecule has 1 aliphatic heterocycles. The van der Waals surface area contributed by atoms with E-state index in [1.54, 1.807) is 6.20 Å². The zero-order chi connectivity index (χ0) is 15.5. The molecule has 5 heteroatoms. The van der Waals surface area contributed by atoms with Crippen LogP contribution in [0.25, 0.3) is 0 Å². The lowest BCUT2D eigenvalue weighted by Gasteiger charge is -2.39. The molecule has 1 aromatic carbocycles. The van der Waals surface area contributed by atoms with Crippen molar-refractivity contribution in [2.24, 2.45) is 0 Å². The van der Waals surface area contributed by atoms with Crippen molar-refractivity contribution in [2.75, 3.05) is 32.1 Å². The molecule has 1 amide bonds. The van der Waals surface area contributed by atoms with Crippen LogP contribution in [0.2, 0.25) is 0 Å². The Morgan fingerprint density at radius 3 is 2.68 bits per heavy atom. The van der Waals surface area contributed by atoms with E-state index in [1.165, 1.54) is 0 Å². The number of carbonyl (C=O) groups excluding carboxylic acids is 1. The second-order valence-corrected chi connectivity index (χ2v) is 5.64. The van der Waals surface area contributed by atoms with Gasteiger partial charge in [0.2, 0.25) is 0 Å². The number of hydrogen-bond donors (Lipinski definition) is 1. The molecule has 1 unspecified atom stereocenters. The van der Waals surface area contributed by atoms with Crippen LogP contribution in [0.3, 0.4) is 0 Å². The highest BCUT2D eigenvalue weighted by atomic mass is 16.2. The predicted octanol–water partition coefficient (Wildman–Crippen LogP) is 1.89. The maximum Gasteiger partial charge on any atom is 0.255 e. The quantitative estimate of drug-likeness (QED) is 0.936. The summed E-state index contributed by atoms with van der Waals surface area (Å²) < 4.78 is 0. The summed E-state index contributed by atoms with van der Waals surface area (Å²) in [5.74, 6) is -0.0487. The monoisotopic (exact) mass is 296 g/mol. The van der Waals surface area contributed by atoms with Gasteiger partial charge in [-0.3, -0.25) is 9.78 Å². The number of nitrogens with one attached hydrogen (secondary N) is 1. The second kappa shape index (κ2) is 6.15. The van der Waals surface area contributed by atoms with Crippen molar-refractivity contribution in [3.63, 3.8) is 0 Å². The van der Waals surface area contributed by atoms with Crippen LogP contribution in [0.15, 0.2) is 48.7 Å². The lowest BCUT2D eigenvalue weighted by Crippen LogP contribution is -2.48. The smallest absolute Gasteiger partial charge is 0.255 e. The number of pyridine rings is 1. The van der Waals surface area contributed by atoms with Crippen molar-refractivity contribution in [3.8, 4) is 0 Å². The molecule has 1 atom stereocenters. The number of rotatable bonds is 4. The zero-order valence-corrected chi connectivity index (χ0v) is 12.9. The molecule has 2 aromatic rings. The molecule has 3 rings (SSSR count). The van der Waals surface area contributed by atoms with Crippen LogP contribution in [-0.4, -0.2) is 43.0 Å². The molecule has 114 valence electrons. The fourth-order valence-corrected chi connectivity index (χ4v) is 2.66. The summed E-state index contributed by atoms with van der Waals surface area (Å²) in [6.45, 7) is 1.71. The average molecular weight is 296 g/mol. The SMILES string of the molecule is CN(C)CCN1c2ccccc2C(=O)NC1c1ccccn1. The summed E-state index contributed by atoms with van der Waals surface area (Å²) in [6, 6.07) is 13.5. The van der Waals surface area contributed by atoms with E-state index in [9.17, 15) is 4.79 Å². The van der Waals surface area contributed by atoms with Gasteiger partial charge in [0.1, 0.15) is 6.17 Å². The average Bonchev–Trinajstić information content (AvgIpc) is 2.54. The van der Waals surface area contributed by atoms with Crippen molar-refractivity contribution in [3.05, 3.63) is 59.9 Å². The van der Waals surface area contributed by atoms with Crippen molar-refractivity contribution >= 4 is 11.6 Å². The van der Waals surface area contributed by atoms with E-state index in [0.29, 0.717) is 5.56 Å². The van der Waals surface area contributed by atoms with Crippen molar-refractivity contribution in [2.45, 2.75) is 6.17 Å². The van der Waals surface area contributed by atoms with E-state index in [4.69, 9.17) is 0 Å². The van der Waals surface area contributed by atoms with E-state index in [2.05, 4.69) is 20.1 Å². The molecule has 1 aliphatic rings. The predicted molar refractivity (Wildman–Crippen MR) is 86.8 cm³/mol. The van der Waals surface area contributed by atoms with Crippen LogP contribution in [0, 0.1) is 0 Å². The van der Waals surface area contributed by atoms with Crippen molar-refractivity contribution in [1.82, 2.24) is 15.2 Å². The second-order valence-electron chi connectivity index (χ2n) is 5.64. The Labute approximate surface area is 130 Å². The topological polar surface area (TPSA) is 48.5 Å². The van der Waals surface area contributed by atoms with Crippen LogP contribution in [0.4, 0.5) is 5.69 Å². The number of amides is 1. The third-order valence-electron chi connectivity index (χ3n) is 3.79. The molecule has 0 bridgehead atoms. The number of aromatic nitrogens is 1. The Hall–Kier alpha value is -2.40. The molecular formula is C17H20N4O. The van der Waals surface area contributed by atoms with Crippen LogP contribution < -0.4 is 10.2 Å². The van der Waals surface area contributed by atoms with Gasteiger partial charge in [-0.25, -0.2) is 0 Å². The summed E-state index contributed by atoms with van der Waals surface area (Å²) in [4.78, 5) is 21.1. The summed E-state index contributed by atoms with van der Waals surface area (Å²) >= 11 is 0. The van der Waals surface area contributed by atoms with Gasteiger partial charge in [0.15, 0.2) is 0 Å². The molecule has 0 saturated carbocycles. The van der Waals surface area contributed by atoms with Crippen LogP contribution >= 0.6 is 0 Å². The third-order valence-corrected chi connectivity index (χ3v) is 3.79. The van der Waals surface area contributed by atoms with Gasteiger partial charge in [-0.15, -0.1) is 0 Å². The first-order valence-electron chi connectivity index (χ1n) is 7.39. The zero-order valence-electron chi connectivity index (χ0n) is 12.9. The number of fused-ring (bicyclic) bond motifs is 1. The molecule has 0 spiro atoms. The maximum absolute atomic E-state index is 12.4. The summed E-state index contributed by atoms with van der Waals surface area (Å²) in [5, 5.41) is 3.07. The minimum atomic E-state index is -0.233. The molecule has 22 heavy (non-hydrogen) atoms. The fraction of sp³-hybridized carbons (Fsp3) is 0.294. The van der Waals surface area contributed by atoms with Crippen molar-refractivity contribution in [1.29, 1.82) is 0 Å². The number of nitrogens with zero attached hydrogens (tertiary/aromatic N) is 3. The molecular weight excluding hydrogens is 276 g/mol. The Morgan fingerprint density at radius 1 is 1.18 bits per heavy atom. The maximum atomic E-state index is 12.4.